The minimum atomic E-state index is -3.69. The predicted octanol–water partition coefficient (Wildman–Crippen LogP) is 2.19. The molecular formula is C17H20N2O4S. The topological polar surface area (TPSA) is 79.6 Å². The van der Waals surface area contributed by atoms with E-state index in [2.05, 4.69) is 0 Å². The highest BCUT2D eigenvalue weighted by Gasteiger charge is 2.51. The average molecular weight is 348 g/mol. The molecule has 1 aromatic carbocycles. The van der Waals surface area contributed by atoms with Crippen molar-refractivity contribution in [2.75, 3.05) is 0 Å². The van der Waals surface area contributed by atoms with E-state index >= 15 is 0 Å². The number of carbonyl (C=O) groups is 1. The number of aromatic nitrogens is 1. The minimum absolute atomic E-state index is 0.0594. The van der Waals surface area contributed by atoms with Crippen LogP contribution in [-0.4, -0.2) is 40.4 Å². The minimum Gasteiger partial charge on any atom is -0.481 e. The van der Waals surface area contributed by atoms with Crippen LogP contribution in [0, 0.1) is 5.92 Å². The molecule has 128 valence electrons. The maximum Gasteiger partial charge on any atom is 0.304 e. The maximum absolute atomic E-state index is 13.2. The second-order valence-electron chi connectivity index (χ2n) is 6.87. The van der Waals surface area contributed by atoms with Gasteiger partial charge in [-0.25, -0.2) is 8.42 Å². The van der Waals surface area contributed by atoms with Crippen molar-refractivity contribution >= 4 is 26.9 Å². The molecule has 2 heterocycles. The zero-order valence-electron chi connectivity index (χ0n) is 13.4. The van der Waals surface area contributed by atoms with E-state index in [0.717, 1.165) is 30.2 Å². The molecule has 0 unspecified atom stereocenters. The number of rotatable bonds is 4. The van der Waals surface area contributed by atoms with Gasteiger partial charge in [0.1, 0.15) is 0 Å². The van der Waals surface area contributed by atoms with Crippen molar-refractivity contribution in [1.29, 1.82) is 0 Å². The first kappa shape index (κ1) is 15.7. The third kappa shape index (κ3) is 2.26. The molecule has 2 aliphatic rings. The summed E-state index contributed by atoms with van der Waals surface area (Å²) in [6.07, 6.45) is 4.31. The molecule has 2 aromatic rings. The van der Waals surface area contributed by atoms with Crippen LogP contribution in [0.15, 0.2) is 35.4 Å². The lowest BCUT2D eigenvalue weighted by Gasteiger charge is -2.33. The molecule has 1 saturated heterocycles. The van der Waals surface area contributed by atoms with Gasteiger partial charge < -0.3 is 9.67 Å². The summed E-state index contributed by atoms with van der Waals surface area (Å²) in [5.41, 5.74) is 0.971. The van der Waals surface area contributed by atoms with E-state index in [0.29, 0.717) is 0 Å². The average Bonchev–Trinajstić information content (AvgIpc) is 3.21. The lowest BCUT2D eigenvalue weighted by atomic mass is 9.97. The van der Waals surface area contributed by atoms with Crippen LogP contribution in [0.25, 0.3) is 10.9 Å². The standard InChI is InChI=1S/C17H20N2O4S/c1-18-7-6-12-9-14(4-5-15(12)18)24(22,23)19-13-3-2-11(8-13)16(19)10-17(20)21/h4-7,9,11,13,16H,2-3,8,10H2,1H3,(H,20,21)/t11-,13+,16+/m0/s1. The summed E-state index contributed by atoms with van der Waals surface area (Å²) in [6.45, 7) is 0. The zero-order valence-corrected chi connectivity index (χ0v) is 14.2. The quantitative estimate of drug-likeness (QED) is 0.918. The number of aryl methyl sites for hydroxylation is 1. The van der Waals surface area contributed by atoms with Crippen molar-refractivity contribution < 1.29 is 18.3 Å². The third-order valence-corrected chi connectivity index (χ3v) is 7.47. The molecule has 6 nitrogen and oxygen atoms in total. The van der Waals surface area contributed by atoms with Crippen LogP contribution in [0.4, 0.5) is 0 Å². The number of hydrogen-bond acceptors (Lipinski definition) is 3. The predicted molar refractivity (Wildman–Crippen MR) is 89.1 cm³/mol. The molecule has 24 heavy (non-hydrogen) atoms. The number of piperidine rings is 1. The first-order valence-electron chi connectivity index (χ1n) is 8.18. The number of aliphatic carboxylic acids is 1. The van der Waals surface area contributed by atoms with Crippen LogP contribution < -0.4 is 0 Å². The Labute approximate surface area is 140 Å². The highest BCUT2D eigenvalue weighted by Crippen LogP contribution is 2.46. The summed E-state index contributed by atoms with van der Waals surface area (Å²) in [5, 5.41) is 10.0. The van der Waals surface area contributed by atoms with E-state index in [-0.39, 0.29) is 23.3 Å². The number of sulfonamides is 1. The second kappa shape index (κ2) is 5.32. The van der Waals surface area contributed by atoms with Crippen LogP contribution >= 0.6 is 0 Å². The smallest absolute Gasteiger partial charge is 0.304 e. The largest absolute Gasteiger partial charge is 0.481 e. The van der Waals surface area contributed by atoms with E-state index in [1.54, 1.807) is 12.1 Å². The van der Waals surface area contributed by atoms with Crippen molar-refractivity contribution in [1.82, 2.24) is 8.87 Å². The molecule has 0 radical (unpaired) electrons. The molecule has 4 rings (SSSR count). The van der Waals surface area contributed by atoms with Crippen LogP contribution in [0.1, 0.15) is 25.7 Å². The molecular weight excluding hydrogens is 328 g/mol. The normalized spacial score (nSPS) is 27.1. The molecule has 1 aliphatic heterocycles. The van der Waals surface area contributed by atoms with Gasteiger partial charge in [-0.3, -0.25) is 4.79 Å². The summed E-state index contributed by atoms with van der Waals surface area (Å²) in [5.74, 6) is -0.771. The Bertz CT molecular complexity index is 918. The molecule has 7 heteroatoms. The molecule has 1 aromatic heterocycles. The fraction of sp³-hybridized carbons (Fsp3) is 0.471. The van der Waals surface area contributed by atoms with E-state index in [4.69, 9.17) is 0 Å². The highest BCUT2D eigenvalue weighted by atomic mass is 32.2. The Morgan fingerprint density at radius 2 is 2.08 bits per heavy atom. The SMILES string of the molecule is Cn1ccc2cc(S(=O)(=O)N3[C@@H]4CC[C@@H](C4)[C@H]3CC(=O)O)ccc21. The van der Waals surface area contributed by atoms with Crippen molar-refractivity contribution in [2.45, 2.75) is 42.7 Å². The molecule has 2 fully saturated rings. The molecule has 2 bridgehead atoms. The number of carboxylic acids is 1. The number of fused-ring (bicyclic) bond motifs is 3. The molecule has 1 N–H and O–H groups in total. The fourth-order valence-corrected chi connectivity index (χ4v) is 6.35. The summed E-state index contributed by atoms with van der Waals surface area (Å²) in [6, 6.07) is 6.53. The Hall–Kier alpha value is -1.86. The number of hydrogen-bond donors (Lipinski definition) is 1. The van der Waals surface area contributed by atoms with Gasteiger partial charge in [-0.15, -0.1) is 0 Å². The first-order chi connectivity index (χ1) is 11.4. The number of nitrogens with zero attached hydrogens (tertiary/aromatic N) is 2. The number of benzene rings is 1. The van der Waals surface area contributed by atoms with Crippen LogP contribution in [0.5, 0.6) is 0 Å². The monoisotopic (exact) mass is 348 g/mol. The molecule has 0 spiro atoms. The summed E-state index contributed by atoms with van der Waals surface area (Å²) < 4.78 is 29.8. The van der Waals surface area contributed by atoms with Gasteiger partial charge in [-0.1, -0.05) is 0 Å². The zero-order chi connectivity index (χ0) is 17.1. The van der Waals surface area contributed by atoms with Crippen molar-refractivity contribution in [3.63, 3.8) is 0 Å². The molecule has 0 amide bonds. The summed E-state index contributed by atoms with van der Waals surface area (Å²) >= 11 is 0. The van der Waals surface area contributed by atoms with Crippen LogP contribution in [0.2, 0.25) is 0 Å². The van der Waals surface area contributed by atoms with E-state index in [1.165, 1.54) is 4.31 Å². The van der Waals surface area contributed by atoms with Crippen LogP contribution in [-0.2, 0) is 21.9 Å². The van der Waals surface area contributed by atoms with E-state index in [1.807, 2.05) is 29.9 Å². The maximum atomic E-state index is 13.2. The fourth-order valence-electron chi connectivity index (χ4n) is 4.40. The third-order valence-electron chi connectivity index (χ3n) is 5.49. The lowest BCUT2D eigenvalue weighted by molar-refractivity contribution is -0.138. The first-order valence-corrected chi connectivity index (χ1v) is 9.62. The van der Waals surface area contributed by atoms with Crippen molar-refractivity contribution in [2.24, 2.45) is 13.0 Å². The van der Waals surface area contributed by atoms with E-state index < -0.39 is 22.0 Å². The summed E-state index contributed by atoms with van der Waals surface area (Å²) in [7, 11) is -1.77. The van der Waals surface area contributed by atoms with Gasteiger partial charge in [0.15, 0.2) is 0 Å². The van der Waals surface area contributed by atoms with Crippen molar-refractivity contribution in [3.05, 3.63) is 30.5 Å². The van der Waals surface area contributed by atoms with E-state index in [9.17, 15) is 18.3 Å². The van der Waals surface area contributed by atoms with Gasteiger partial charge in [-0.2, -0.15) is 4.31 Å². The van der Waals surface area contributed by atoms with Gasteiger partial charge >= 0.3 is 5.97 Å². The Kier molecular flexibility index (Phi) is 3.47. The Morgan fingerprint density at radius 1 is 1.29 bits per heavy atom. The van der Waals surface area contributed by atoms with Gasteiger partial charge in [0.25, 0.3) is 0 Å². The summed E-state index contributed by atoms with van der Waals surface area (Å²) in [4.78, 5) is 11.4. The second-order valence-corrected chi connectivity index (χ2v) is 8.72. The van der Waals surface area contributed by atoms with Crippen LogP contribution in [0.3, 0.4) is 0 Å². The molecule has 1 aliphatic carbocycles. The molecule has 3 atom stereocenters. The van der Waals surface area contributed by atoms with Crippen molar-refractivity contribution in [3.8, 4) is 0 Å². The molecule has 1 saturated carbocycles. The Balaban J connectivity index is 1.75. The lowest BCUT2D eigenvalue weighted by Crippen LogP contribution is -2.45. The van der Waals surface area contributed by atoms with Gasteiger partial charge in [-0.05, 0) is 49.4 Å². The van der Waals surface area contributed by atoms with Gasteiger partial charge in [0, 0.05) is 36.2 Å². The van der Waals surface area contributed by atoms with Gasteiger partial charge in [0.2, 0.25) is 10.0 Å². The van der Waals surface area contributed by atoms with Gasteiger partial charge in [0.05, 0.1) is 11.3 Å². The highest BCUT2D eigenvalue weighted by molar-refractivity contribution is 7.89. The number of carboxylic acid groups (broad SMARTS) is 1. The Morgan fingerprint density at radius 3 is 2.83 bits per heavy atom.